The lowest BCUT2D eigenvalue weighted by molar-refractivity contribution is -0.144. The van der Waals surface area contributed by atoms with E-state index in [2.05, 4.69) is 24.1 Å². The third-order valence-electron chi connectivity index (χ3n) is 9.02. The number of unbranched alkanes of at least 4 members (excludes halogenated alkanes) is 25. The van der Waals surface area contributed by atoms with E-state index >= 15 is 0 Å². The van der Waals surface area contributed by atoms with Crippen LogP contribution < -0.4 is 5.32 Å². The number of rotatable bonds is 36. The second kappa shape index (κ2) is 36.4. The number of amides is 1. The number of nitrogens with one attached hydrogen (secondary N) is 1. The van der Waals surface area contributed by atoms with Crippen LogP contribution in [-0.2, 0) is 14.3 Å². The molecule has 262 valence electrons. The van der Waals surface area contributed by atoms with Crippen molar-refractivity contribution in [3.05, 3.63) is 0 Å². The van der Waals surface area contributed by atoms with Crippen LogP contribution in [0.3, 0.4) is 0 Å². The predicted molar refractivity (Wildman–Crippen MR) is 191 cm³/mol. The van der Waals surface area contributed by atoms with Crippen molar-refractivity contribution in [2.75, 3.05) is 33.3 Å². The number of ether oxygens (including phenoxy) is 1. The van der Waals surface area contributed by atoms with Crippen LogP contribution >= 0.6 is 0 Å². The van der Waals surface area contributed by atoms with E-state index < -0.39 is 0 Å². The first-order valence-corrected chi connectivity index (χ1v) is 19.7. The van der Waals surface area contributed by atoms with Crippen molar-refractivity contribution in [1.29, 1.82) is 0 Å². The molecular weight excluding hydrogens is 544 g/mol. The maximum Gasteiger partial charge on any atom is 0.305 e. The van der Waals surface area contributed by atoms with Gasteiger partial charge in [-0.05, 0) is 32.9 Å². The summed E-state index contributed by atoms with van der Waals surface area (Å²) < 4.78 is 5.42. The van der Waals surface area contributed by atoms with Gasteiger partial charge in [0, 0.05) is 25.9 Å². The van der Waals surface area contributed by atoms with Crippen LogP contribution in [0.1, 0.15) is 206 Å². The van der Waals surface area contributed by atoms with Gasteiger partial charge in [0.2, 0.25) is 5.91 Å². The van der Waals surface area contributed by atoms with E-state index in [1.54, 1.807) is 0 Å². The lowest BCUT2D eigenvalue weighted by Gasteiger charge is -2.16. The Labute approximate surface area is 275 Å². The molecule has 0 saturated heterocycles. The topological polar surface area (TPSA) is 58.6 Å². The van der Waals surface area contributed by atoms with Crippen molar-refractivity contribution < 1.29 is 14.3 Å². The van der Waals surface area contributed by atoms with Gasteiger partial charge in [-0.1, -0.05) is 174 Å². The fraction of sp³-hybridized carbons (Fsp3) is 0.949. The molecule has 0 fully saturated rings. The summed E-state index contributed by atoms with van der Waals surface area (Å²) in [6.45, 7) is 7.38. The molecule has 1 amide bonds. The highest BCUT2D eigenvalue weighted by atomic mass is 16.5. The molecule has 5 nitrogen and oxygen atoms in total. The highest BCUT2D eigenvalue weighted by Crippen LogP contribution is 2.14. The van der Waals surface area contributed by atoms with Crippen LogP contribution in [0.15, 0.2) is 0 Å². The van der Waals surface area contributed by atoms with Crippen LogP contribution in [0.2, 0.25) is 0 Å². The Bertz CT molecular complexity index is 598. The molecule has 0 saturated carbocycles. The summed E-state index contributed by atoms with van der Waals surface area (Å²) in [5, 5.41) is 3.08. The largest absolute Gasteiger partial charge is 0.464 e. The molecule has 44 heavy (non-hydrogen) atoms. The zero-order chi connectivity index (χ0) is 32.2. The highest BCUT2D eigenvalue weighted by Gasteiger charge is 2.06. The van der Waals surface area contributed by atoms with Gasteiger partial charge in [-0.25, -0.2) is 0 Å². The molecule has 5 heteroatoms. The molecule has 0 bridgehead atoms. The molecule has 0 radical (unpaired) electrons. The maximum absolute atomic E-state index is 12.1. The minimum absolute atomic E-state index is 0.0654. The van der Waals surface area contributed by atoms with Crippen LogP contribution in [0, 0.1) is 0 Å². The Morgan fingerprint density at radius 2 is 0.864 bits per heavy atom. The highest BCUT2D eigenvalue weighted by molar-refractivity contribution is 5.75. The number of esters is 1. The number of carbonyl (C=O) groups excluding carboxylic acids is 2. The van der Waals surface area contributed by atoms with Gasteiger partial charge in [0.1, 0.15) is 6.61 Å². The Morgan fingerprint density at radius 1 is 0.477 bits per heavy atom. The second-order valence-electron chi connectivity index (χ2n) is 13.6. The van der Waals surface area contributed by atoms with Gasteiger partial charge in [0.05, 0.1) is 0 Å². The van der Waals surface area contributed by atoms with Gasteiger partial charge in [-0.2, -0.15) is 0 Å². The average molecular weight is 623 g/mol. The number of carbonyl (C=O) groups is 2. The van der Waals surface area contributed by atoms with Gasteiger partial charge < -0.3 is 15.0 Å². The number of hydrogen-bond donors (Lipinski definition) is 1. The molecule has 0 aliphatic heterocycles. The predicted octanol–water partition coefficient (Wildman–Crippen LogP) is 11.3. The van der Waals surface area contributed by atoms with Crippen LogP contribution in [0.5, 0.6) is 0 Å². The maximum atomic E-state index is 12.1. The molecule has 0 aliphatic rings. The van der Waals surface area contributed by atoms with Crippen LogP contribution in [0.25, 0.3) is 0 Å². The molecular formula is C39H78N2O3. The summed E-state index contributed by atoms with van der Waals surface area (Å²) in [7, 11) is 2.03. The summed E-state index contributed by atoms with van der Waals surface area (Å²) >= 11 is 0. The number of likely N-dealkylation sites (N-methyl/N-ethyl adjacent to an activating group) is 1. The minimum atomic E-state index is -0.0654. The first-order valence-electron chi connectivity index (χ1n) is 19.7. The van der Waals surface area contributed by atoms with Gasteiger partial charge >= 0.3 is 5.97 Å². The Morgan fingerprint density at radius 3 is 1.30 bits per heavy atom. The van der Waals surface area contributed by atoms with E-state index in [1.165, 1.54) is 154 Å². The summed E-state index contributed by atoms with van der Waals surface area (Å²) in [5.41, 5.74) is 0. The van der Waals surface area contributed by atoms with E-state index in [1.807, 2.05) is 7.05 Å². The van der Waals surface area contributed by atoms with Gasteiger partial charge in [-0.15, -0.1) is 0 Å². The fourth-order valence-electron chi connectivity index (χ4n) is 5.93. The molecule has 0 aromatic rings. The Kier molecular flexibility index (Phi) is 35.5. The molecule has 0 aromatic carbocycles. The summed E-state index contributed by atoms with van der Waals surface area (Å²) in [6, 6.07) is 0. The van der Waals surface area contributed by atoms with Crippen LogP contribution in [0.4, 0.5) is 0 Å². The lowest BCUT2D eigenvalue weighted by Crippen LogP contribution is -2.28. The monoisotopic (exact) mass is 623 g/mol. The third-order valence-corrected chi connectivity index (χ3v) is 9.02. The van der Waals surface area contributed by atoms with Gasteiger partial charge in [0.25, 0.3) is 0 Å². The van der Waals surface area contributed by atoms with Crippen molar-refractivity contribution in [1.82, 2.24) is 10.2 Å². The minimum Gasteiger partial charge on any atom is -0.464 e. The summed E-state index contributed by atoms with van der Waals surface area (Å²) in [6.07, 6.45) is 38.0. The summed E-state index contributed by atoms with van der Waals surface area (Å²) in [5.74, 6) is 0.0988. The van der Waals surface area contributed by atoms with E-state index in [9.17, 15) is 9.59 Å². The van der Waals surface area contributed by atoms with Gasteiger partial charge in [-0.3, -0.25) is 9.59 Å². The van der Waals surface area contributed by atoms with Crippen molar-refractivity contribution in [2.45, 2.75) is 206 Å². The molecule has 0 unspecified atom stereocenters. The molecule has 0 heterocycles. The normalized spacial score (nSPS) is 11.4. The van der Waals surface area contributed by atoms with E-state index in [4.69, 9.17) is 4.74 Å². The molecule has 0 rings (SSSR count). The van der Waals surface area contributed by atoms with Crippen LogP contribution in [-0.4, -0.2) is 50.1 Å². The second-order valence-corrected chi connectivity index (χ2v) is 13.6. The molecule has 0 aromatic heterocycles. The molecule has 0 atom stereocenters. The Balaban J connectivity index is 3.36. The molecule has 1 N–H and O–H groups in total. The van der Waals surface area contributed by atoms with Crippen molar-refractivity contribution in [3.8, 4) is 0 Å². The SMILES string of the molecule is CCCCCCCCCCCCCCCCNC(=O)CCCN(C)CCOC(=O)CCCCCCCCCCCCCCC. The first-order chi connectivity index (χ1) is 21.6. The smallest absolute Gasteiger partial charge is 0.305 e. The van der Waals surface area contributed by atoms with E-state index in [0.29, 0.717) is 19.4 Å². The standard InChI is InChI=1S/C39H78N2O3/c1-4-6-8-10-12-14-16-18-20-22-24-26-28-30-34-40-38(42)32-31-35-41(3)36-37-44-39(43)33-29-27-25-23-21-19-17-15-13-11-9-7-5-2/h4-37H2,1-3H3,(H,40,42). The van der Waals surface area contributed by atoms with Crippen molar-refractivity contribution in [2.24, 2.45) is 0 Å². The number of nitrogens with zero attached hydrogens (tertiary/aromatic N) is 1. The first kappa shape index (κ1) is 42.9. The van der Waals surface area contributed by atoms with Gasteiger partial charge in [0.15, 0.2) is 0 Å². The van der Waals surface area contributed by atoms with Crippen molar-refractivity contribution >= 4 is 11.9 Å². The molecule has 0 aliphatic carbocycles. The lowest BCUT2D eigenvalue weighted by atomic mass is 10.0. The van der Waals surface area contributed by atoms with Crippen molar-refractivity contribution in [3.63, 3.8) is 0 Å². The van der Waals surface area contributed by atoms with E-state index in [0.717, 1.165) is 45.3 Å². The molecule has 0 spiro atoms. The van der Waals surface area contributed by atoms with E-state index in [-0.39, 0.29) is 11.9 Å². The zero-order valence-corrected chi connectivity index (χ0v) is 30.2. The quantitative estimate of drug-likeness (QED) is 0.0558. The summed E-state index contributed by atoms with van der Waals surface area (Å²) in [4.78, 5) is 26.3. The Hall–Kier alpha value is -1.10. The zero-order valence-electron chi connectivity index (χ0n) is 30.2. The average Bonchev–Trinajstić information content (AvgIpc) is 3.01. The fourth-order valence-corrected chi connectivity index (χ4v) is 5.93. The number of hydrogen-bond acceptors (Lipinski definition) is 4. The third kappa shape index (κ3) is 35.4.